The molecule has 4 atom stereocenters. The molecule has 57 heavy (non-hydrogen) atoms. The van der Waals surface area contributed by atoms with E-state index in [0.717, 1.165) is 0 Å². The lowest BCUT2D eigenvalue weighted by Crippen LogP contribution is -2.56. The number of aliphatic carboxylic acids is 3. The van der Waals surface area contributed by atoms with Crippen LogP contribution in [-0.2, 0) is 57.9 Å². The van der Waals surface area contributed by atoms with Gasteiger partial charge in [0.05, 0.1) is 32.8 Å². The Hall–Kier alpha value is -4.49. The molecule has 0 aromatic rings. The van der Waals surface area contributed by atoms with E-state index >= 15 is 0 Å². The molecule has 23 nitrogen and oxygen atoms in total. The Morgan fingerprint density at radius 2 is 1.32 bits per heavy atom. The highest BCUT2D eigenvalue weighted by atomic mass is 32.2. The van der Waals surface area contributed by atoms with Gasteiger partial charge >= 0.3 is 17.9 Å². The molecule has 0 fully saturated rings. The summed E-state index contributed by atoms with van der Waals surface area (Å²) < 4.78 is 43.1. The molecule has 0 aromatic heterocycles. The first kappa shape index (κ1) is 52.5. The first-order valence-electron chi connectivity index (χ1n) is 17.9. The van der Waals surface area contributed by atoms with Crippen molar-refractivity contribution in [3.05, 3.63) is 0 Å². The summed E-state index contributed by atoms with van der Waals surface area (Å²) in [4.78, 5) is 96.5. The van der Waals surface area contributed by atoms with Crippen molar-refractivity contribution in [2.45, 2.75) is 96.8 Å². The van der Waals surface area contributed by atoms with E-state index in [-0.39, 0.29) is 52.2 Å². The van der Waals surface area contributed by atoms with Gasteiger partial charge in [-0.25, -0.2) is 9.59 Å². The Kier molecular flexibility index (Phi) is 23.7. The Balaban J connectivity index is 4.71. The lowest BCUT2D eigenvalue weighted by Gasteiger charge is -2.34. The van der Waals surface area contributed by atoms with Crippen molar-refractivity contribution >= 4 is 57.6 Å². The van der Waals surface area contributed by atoms with E-state index in [1.165, 1.54) is 13.8 Å². The molecule has 328 valence electrons. The van der Waals surface area contributed by atoms with Gasteiger partial charge in [0.1, 0.15) is 36.5 Å². The Morgan fingerprint density at radius 1 is 0.719 bits per heavy atom. The number of aliphatic hydroxyl groups is 1. The maximum absolute atomic E-state index is 13.1. The number of carbonyl (C=O) groups excluding carboxylic acids is 5. The molecule has 0 heterocycles. The summed E-state index contributed by atoms with van der Waals surface area (Å²) in [7, 11) is -4.87. The van der Waals surface area contributed by atoms with E-state index < -0.39 is 124 Å². The lowest BCUT2D eigenvalue weighted by atomic mass is 9.73. The van der Waals surface area contributed by atoms with Gasteiger partial charge in [0, 0.05) is 24.9 Å². The second kappa shape index (κ2) is 25.7. The zero-order valence-corrected chi connectivity index (χ0v) is 33.4. The molecule has 0 aromatic carbocycles. The van der Waals surface area contributed by atoms with Gasteiger partial charge in [-0.15, -0.1) is 0 Å². The minimum Gasteiger partial charge on any atom is -0.481 e. The fourth-order valence-corrected chi connectivity index (χ4v) is 6.08. The van der Waals surface area contributed by atoms with Crippen molar-refractivity contribution < 1.29 is 81.2 Å². The van der Waals surface area contributed by atoms with E-state index in [2.05, 4.69) is 26.6 Å². The number of hydrogen-bond donors (Lipinski definition) is 11. The molecule has 0 spiro atoms. The van der Waals surface area contributed by atoms with Gasteiger partial charge < -0.3 is 62.2 Å². The molecule has 5 amide bonds. The summed E-state index contributed by atoms with van der Waals surface area (Å²) >= 11 is 0. The fourth-order valence-electron chi connectivity index (χ4n) is 5.43. The van der Waals surface area contributed by atoms with Crippen molar-refractivity contribution in [1.29, 1.82) is 0 Å². The standard InChI is InChI=1S/C33H58N6O17S/c1-32(2,15-26(43)44)19-33(3,4)31(51)39-23(18-57(52,53)54)28(46)38-22(30(49)50)8-9-24(41)35-11-12-55-13-14-56-17-25(42)37-21(29(47)48)7-5-6-10-36-27(45)20(34)16-40/h20-23,40H,5-19,34H2,1-4H3,(H,35,41)(H,36,45)(H,37,42)(H,38,46)(H,39,51)(H,43,44)(H,47,48)(H,49,50)(H,52,53,54). The molecular formula is C33H58N6O17S. The number of nitrogens with one attached hydrogen (secondary N) is 5. The van der Waals surface area contributed by atoms with Crippen LogP contribution in [0.2, 0.25) is 0 Å². The zero-order valence-electron chi connectivity index (χ0n) is 32.5. The number of carboxylic acids is 3. The van der Waals surface area contributed by atoms with Gasteiger partial charge in [0.15, 0.2) is 0 Å². The molecule has 0 rings (SSSR count). The van der Waals surface area contributed by atoms with Gasteiger partial charge in [-0.3, -0.25) is 33.3 Å². The van der Waals surface area contributed by atoms with Crippen molar-refractivity contribution in [3.8, 4) is 0 Å². The highest BCUT2D eigenvalue weighted by molar-refractivity contribution is 7.85. The molecule has 0 aliphatic rings. The zero-order chi connectivity index (χ0) is 44.0. The van der Waals surface area contributed by atoms with E-state index in [4.69, 9.17) is 25.4 Å². The normalized spacial score (nSPS) is 13.9. The second-order valence-corrected chi connectivity index (χ2v) is 16.1. The topological polar surface area (TPSA) is 376 Å². The third kappa shape index (κ3) is 24.7. The smallest absolute Gasteiger partial charge is 0.326 e. The number of unbranched alkanes of at least 4 members (excludes halogenated alkanes) is 1. The van der Waals surface area contributed by atoms with Crippen molar-refractivity contribution in [2.24, 2.45) is 16.6 Å². The van der Waals surface area contributed by atoms with E-state index in [1.807, 2.05) is 0 Å². The summed E-state index contributed by atoms with van der Waals surface area (Å²) in [6, 6.07) is -5.89. The number of nitrogens with two attached hydrogens (primary N) is 1. The summed E-state index contributed by atoms with van der Waals surface area (Å²) in [6.45, 7) is 5.18. The molecule has 0 bridgehead atoms. The average Bonchev–Trinajstić information content (AvgIpc) is 3.07. The van der Waals surface area contributed by atoms with Crippen LogP contribution in [0.5, 0.6) is 0 Å². The summed E-state index contributed by atoms with van der Waals surface area (Å²) in [5.41, 5.74) is 3.16. The molecule has 24 heteroatoms. The van der Waals surface area contributed by atoms with Gasteiger partial charge in [-0.05, 0) is 37.5 Å². The average molecular weight is 843 g/mol. The van der Waals surface area contributed by atoms with Crippen LogP contribution in [0.1, 0.15) is 72.6 Å². The Morgan fingerprint density at radius 3 is 1.88 bits per heavy atom. The second-order valence-electron chi connectivity index (χ2n) is 14.6. The SMILES string of the molecule is CC(C)(CC(=O)O)CC(C)(C)C(=O)NC(CS(=O)(=O)O)C(=O)NC(CCC(=O)NCCOCCOCC(=O)NC(CCCCNC(=O)C(N)CO)C(=O)O)C(=O)O. The first-order chi connectivity index (χ1) is 26.3. The minimum absolute atomic E-state index is 0.00221. The highest BCUT2D eigenvalue weighted by Gasteiger charge is 2.39. The highest BCUT2D eigenvalue weighted by Crippen LogP contribution is 2.36. The molecule has 0 aliphatic heterocycles. The molecule has 0 saturated carbocycles. The third-order valence-electron chi connectivity index (χ3n) is 8.00. The number of rotatable bonds is 31. The van der Waals surface area contributed by atoms with Crippen LogP contribution in [0.3, 0.4) is 0 Å². The Labute approximate surface area is 330 Å². The molecular weight excluding hydrogens is 784 g/mol. The third-order valence-corrected chi connectivity index (χ3v) is 8.75. The van der Waals surface area contributed by atoms with E-state index in [1.54, 1.807) is 13.8 Å². The molecule has 0 aliphatic carbocycles. The van der Waals surface area contributed by atoms with Crippen LogP contribution >= 0.6 is 0 Å². The van der Waals surface area contributed by atoms with E-state index in [0.29, 0.717) is 12.8 Å². The molecule has 0 radical (unpaired) electrons. The number of carboxylic acid groups (broad SMARTS) is 3. The van der Waals surface area contributed by atoms with Gasteiger partial charge in [-0.2, -0.15) is 8.42 Å². The fraction of sp³-hybridized carbons (Fsp3) is 0.758. The number of amides is 5. The quantitative estimate of drug-likeness (QED) is 0.0244. The number of ether oxygens (including phenoxy) is 2. The summed E-state index contributed by atoms with van der Waals surface area (Å²) in [5.74, 6) is -9.26. The predicted octanol–water partition coefficient (Wildman–Crippen LogP) is -3.05. The van der Waals surface area contributed by atoms with Crippen LogP contribution in [0.15, 0.2) is 0 Å². The van der Waals surface area contributed by atoms with Crippen molar-refractivity contribution in [2.75, 3.05) is 51.9 Å². The maximum Gasteiger partial charge on any atom is 0.326 e. The van der Waals surface area contributed by atoms with E-state index in [9.17, 15) is 61.5 Å². The van der Waals surface area contributed by atoms with Gasteiger partial charge in [0.2, 0.25) is 29.5 Å². The Bertz CT molecular complexity index is 1490. The van der Waals surface area contributed by atoms with Crippen LogP contribution < -0.4 is 32.3 Å². The lowest BCUT2D eigenvalue weighted by molar-refractivity contribution is -0.143. The largest absolute Gasteiger partial charge is 0.481 e. The van der Waals surface area contributed by atoms with Crippen LogP contribution in [0.4, 0.5) is 0 Å². The number of hydrogen-bond acceptors (Lipinski definition) is 14. The number of carbonyl (C=O) groups is 8. The van der Waals surface area contributed by atoms with Crippen LogP contribution in [0.25, 0.3) is 0 Å². The van der Waals surface area contributed by atoms with Crippen LogP contribution in [0, 0.1) is 10.8 Å². The number of aliphatic hydroxyl groups excluding tert-OH is 1. The monoisotopic (exact) mass is 842 g/mol. The van der Waals surface area contributed by atoms with Gasteiger partial charge in [-0.1, -0.05) is 27.7 Å². The minimum atomic E-state index is -4.87. The first-order valence-corrected chi connectivity index (χ1v) is 19.5. The van der Waals surface area contributed by atoms with Crippen molar-refractivity contribution in [3.63, 3.8) is 0 Å². The van der Waals surface area contributed by atoms with Gasteiger partial charge in [0.25, 0.3) is 10.1 Å². The molecule has 0 saturated heterocycles. The summed E-state index contributed by atoms with van der Waals surface area (Å²) in [6.07, 6.45) is -0.322. The molecule has 12 N–H and O–H groups in total. The molecule has 4 unspecified atom stereocenters. The predicted molar refractivity (Wildman–Crippen MR) is 198 cm³/mol. The van der Waals surface area contributed by atoms with Crippen molar-refractivity contribution in [1.82, 2.24) is 26.6 Å². The maximum atomic E-state index is 13.1. The van der Waals surface area contributed by atoms with Crippen LogP contribution in [-0.4, -0.2) is 157 Å². The summed E-state index contributed by atoms with van der Waals surface area (Å²) in [5, 5.41) is 48.5.